The molecule has 0 bridgehead atoms. The zero-order valence-electron chi connectivity index (χ0n) is 19.9. The van der Waals surface area contributed by atoms with Gasteiger partial charge < -0.3 is 14.4 Å². The average Bonchev–Trinajstić information content (AvgIpc) is 3.18. The molecule has 1 saturated heterocycles. The van der Waals surface area contributed by atoms with E-state index in [1.807, 2.05) is 30.3 Å². The summed E-state index contributed by atoms with van der Waals surface area (Å²) < 4.78 is 31.2. The predicted octanol–water partition coefficient (Wildman–Crippen LogP) is 6.13. The smallest absolute Gasteiger partial charge is 0.340 e. The van der Waals surface area contributed by atoms with Crippen molar-refractivity contribution < 1.29 is 23.1 Å². The Bertz CT molecular complexity index is 1600. The summed E-state index contributed by atoms with van der Waals surface area (Å²) in [5, 5.41) is 12.5. The van der Waals surface area contributed by atoms with Crippen molar-refractivity contribution in [1.82, 2.24) is 9.55 Å². The van der Waals surface area contributed by atoms with Gasteiger partial charge in [-0.3, -0.25) is 4.98 Å². The Morgan fingerprint density at radius 3 is 2.51 bits per heavy atom. The molecule has 0 radical (unpaired) electrons. The lowest BCUT2D eigenvalue weighted by Crippen LogP contribution is -2.25. The van der Waals surface area contributed by atoms with Crippen LogP contribution in [-0.4, -0.2) is 40.6 Å². The molecule has 4 aromatic rings. The van der Waals surface area contributed by atoms with Crippen LogP contribution in [0.1, 0.15) is 40.5 Å². The van der Waals surface area contributed by atoms with Crippen LogP contribution < -0.4 is 0 Å². The van der Waals surface area contributed by atoms with Crippen LogP contribution in [0.5, 0.6) is 5.88 Å². The third-order valence-corrected chi connectivity index (χ3v) is 8.93. The summed E-state index contributed by atoms with van der Waals surface area (Å²) in [4.78, 5) is 18.1. The molecular formula is C27H24Cl2N2O5S. The Kier molecular flexibility index (Phi) is 6.91. The number of fused-ring (bicyclic) bond motifs is 1. The van der Waals surface area contributed by atoms with Crippen molar-refractivity contribution in [2.75, 3.05) is 11.5 Å². The molecule has 0 spiro atoms. The normalized spacial score (nSPS) is 15.6. The van der Waals surface area contributed by atoms with Crippen LogP contribution in [0, 0.1) is 6.92 Å². The van der Waals surface area contributed by atoms with Gasteiger partial charge in [-0.1, -0.05) is 59.6 Å². The maximum absolute atomic E-state index is 13.5. The highest BCUT2D eigenvalue weighted by molar-refractivity contribution is 7.91. The van der Waals surface area contributed by atoms with E-state index in [0.29, 0.717) is 50.6 Å². The molecule has 37 heavy (non-hydrogen) atoms. The van der Waals surface area contributed by atoms with Crippen molar-refractivity contribution in [2.24, 2.45) is 0 Å². The fourth-order valence-corrected chi connectivity index (χ4v) is 6.78. The van der Waals surface area contributed by atoms with Gasteiger partial charge in [-0.25, -0.2) is 13.2 Å². The van der Waals surface area contributed by atoms with Crippen LogP contribution in [0.3, 0.4) is 0 Å². The van der Waals surface area contributed by atoms with Crippen molar-refractivity contribution >= 4 is 49.9 Å². The van der Waals surface area contributed by atoms with Gasteiger partial charge in [0.25, 0.3) is 0 Å². The van der Waals surface area contributed by atoms with Crippen molar-refractivity contribution in [2.45, 2.75) is 32.4 Å². The summed E-state index contributed by atoms with van der Waals surface area (Å²) in [6.45, 7) is 1.77. The van der Waals surface area contributed by atoms with Crippen LogP contribution in [-0.2, 0) is 21.2 Å². The second-order valence-corrected chi connectivity index (χ2v) is 12.3. The lowest BCUT2D eigenvalue weighted by Gasteiger charge is -2.24. The molecule has 1 N–H and O–H groups in total. The number of benzene rings is 2. The van der Waals surface area contributed by atoms with Gasteiger partial charge in [0.15, 0.2) is 0 Å². The van der Waals surface area contributed by atoms with Gasteiger partial charge in [0.1, 0.15) is 16.4 Å². The summed E-state index contributed by atoms with van der Waals surface area (Å²) in [6, 6.07) is 14.0. The Morgan fingerprint density at radius 1 is 1.14 bits per heavy atom. The first kappa shape index (κ1) is 25.6. The monoisotopic (exact) mass is 558 g/mol. The number of halogens is 2. The average molecular weight is 559 g/mol. The molecule has 0 saturated carbocycles. The molecule has 7 nitrogen and oxygen atoms in total. The first-order chi connectivity index (χ1) is 17.6. The fraction of sp³-hybridized carbons (Fsp3) is 0.259. The van der Waals surface area contributed by atoms with E-state index in [2.05, 4.69) is 4.98 Å². The Hall–Kier alpha value is -3.07. The van der Waals surface area contributed by atoms with Gasteiger partial charge in [0.05, 0.1) is 33.7 Å². The molecule has 0 aliphatic carbocycles. The van der Waals surface area contributed by atoms with Gasteiger partial charge in [-0.2, -0.15) is 0 Å². The molecule has 10 heteroatoms. The van der Waals surface area contributed by atoms with E-state index >= 15 is 0 Å². The molecule has 1 aliphatic rings. The van der Waals surface area contributed by atoms with Gasteiger partial charge in [0.2, 0.25) is 5.88 Å². The minimum absolute atomic E-state index is 0.0466. The highest BCUT2D eigenvalue weighted by Crippen LogP contribution is 2.44. The third kappa shape index (κ3) is 5.06. The van der Waals surface area contributed by atoms with Crippen molar-refractivity contribution in [1.29, 1.82) is 0 Å². The van der Waals surface area contributed by atoms with E-state index < -0.39 is 15.8 Å². The molecule has 3 heterocycles. The molecule has 0 amide bonds. The molecular weight excluding hydrogens is 535 g/mol. The van der Waals surface area contributed by atoms with E-state index in [1.165, 1.54) is 0 Å². The number of ether oxygens (including phenoxy) is 1. The summed E-state index contributed by atoms with van der Waals surface area (Å²) in [5.41, 5.74) is 2.77. The Balaban J connectivity index is 1.67. The number of pyridine rings is 1. The molecule has 2 aromatic carbocycles. The van der Waals surface area contributed by atoms with Gasteiger partial charge in [0, 0.05) is 33.4 Å². The quantitative estimate of drug-likeness (QED) is 0.296. The minimum Gasteiger partial charge on any atom is -0.494 e. The second-order valence-electron chi connectivity index (χ2n) is 9.14. The fourth-order valence-electron chi connectivity index (χ4n) is 4.81. The number of aryl methyl sites for hydroxylation is 1. The Labute approximate surface area is 224 Å². The maximum atomic E-state index is 13.5. The SMILES string of the molecule is Cc1nc2cn(C3CCS(=O)(=O)CC3)c(O)c2c(-c2ccc(Cl)cc2Cl)c1C(=O)OCc1ccccc1. The number of aromatic nitrogens is 2. The topological polar surface area (TPSA) is 98.5 Å². The van der Waals surface area contributed by atoms with Crippen LogP contribution >= 0.6 is 23.2 Å². The highest BCUT2D eigenvalue weighted by Gasteiger charge is 2.31. The van der Waals surface area contributed by atoms with Crippen LogP contribution in [0.15, 0.2) is 54.7 Å². The number of rotatable bonds is 5. The van der Waals surface area contributed by atoms with Crippen LogP contribution in [0.2, 0.25) is 10.0 Å². The van der Waals surface area contributed by atoms with Gasteiger partial charge in [-0.05, 0) is 37.5 Å². The maximum Gasteiger partial charge on any atom is 0.340 e. The summed E-state index contributed by atoms with van der Waals surface area (Å²) in [7, 11) is -3.08. The minimum atomic E-state index is -3.08. The second kappa shape index (κ2) is 10.0. The molecule has 2 aromatic heterocycles. The lowest BCUT2D eigenvalue weighted by atomic mass is 9.95. The molecule has 0 unspecified atom stereocenters. The number of carbonyl (C=O) groups excluding carboxylic acids is 1. The van der Waals surface area contributed by atoms with E-state index in [1.54, 1.807) is 35.9 Å². The molecule has 1 fully saturated rings. The number of hydrogen-bond donors (Lipinski definition) is 1. The number of carbonyl (C=O) groups is 1. The predicted molar refractivity (Wildman–Crippen MR) is 144 cm³/mol. The van der Waals surface area contributed by atoms with E-state index in [0.717, 1.165) is 5.56 Å². The van der Waals surface area contributed by atoms with Gasteiger partial charge in [-0.15, -0.1) is 0 Å². The number of sulfone groups is 1. The van der Waals surface area contributed by atoms with Crippen molar-refractivity contribution in [3.8, 4) is 17.0 Å². The first-order valence-electron chi connectivity index (χ1n) is 11.8. The standard InChI is InChI=1S/C27H24Cl2N2O5S/c1-16-23(27(33)36-15-17-5-3-2-4-6-17)24(20-8-7-18(28)13-21(20)29)25-22(30-16)14-31(26(25)32)19-9-11-37(34,35)12-10-19/h2-8,13-14,19,32H,9-12,15H2,1H3. The van der Waals surface area contributed by atoms with Crippen LogP contribution in [0.25, 0.3) is 22.0 Å². The van der Waals surface area contributed by atoms with E-state index in [4.69, 9.17) is 27.9 Å². The van der Waals surface area contributed by atoms with Gasteiger partial charge >= 0.3 is 5.97 Å². The number of nitrogens with zero attached hydrogens (tertiary/aromatic N) is 2. The van der Waals surface area contributed by atoms with Crippen molar-refractivity contribution in [3.05, 3.63) is 81.6 Å². The molecule has 0 atom stereocenters. The zero-order chi connectivity index (χ0) is 26.3. The summed E-state index contributed by atoms with van der Waals surface area (Å²) in [5.74, 6) is -0.617. The largest absolute Gasteiger partial charge is 0.494 e. The van der Waals surface area contributed by atoms with E-state index in [-0.39, 0.29) is 35.6 Å². The number of hydrogen-bond acceptors (Lipinski definition) is 6. The summed E-state index contributed by atoms with van der Waals surface area (Å²) in [6.07, 6.45) is 2.45. The molecule has 192 valence electrons. The van der Waals surface area contributed by atoms with Crippen LogP contribution in [0.4, 0.5) is 0 Å². The molecule has 5 rings (SSSR count). The lowest BCUT2D eigenvalue weighted by molar-refractivity contribution is 0.0472. The molecule has 1 aliphatic heterocycles. The number of esters is 1. The highest BCUT2D eigenvalue weighted by atomic mass is 35.5. The Morgan fingerprint density at radius 2 is 1.84 bits per heavy atom. The zero-order valence-corrected chi connectivity index (χ0v) is 22.3. The first-order valence-corrected chi connectivity index (χ1v) is 14.3. The van der Waals surface area contributed by atoms with E-state index in [9.17, 15) is 18.3 Å². The number of aromatic hydroxyl groups is 1. The third-order valence-electron chi connectivity index (χ3n) is 6.67. The summed E-state index contributed by atoms with van der Waals surface area (Å²) >= 11 is 12.7. The van der Waals surface area contributed by atoms with Crippen molar-refractivity contribution in [3.63, 3.8) is 0 Å².